The summed E-state index contributed by atoms with van der Waals surface area (Å²) in [6.45, 7) is 5.15. The van der Waals surface area contributed by atoms with Crippen LogP contribution in [0.3, 0.4) is 0 Å². The van der Waals surface area contributed by atoms with Gasteiger partial charge in [0.15, 0.2) is 0 Å². The van der Waals surface area contributed by atoms with Gasteiger partial charge in [-0.2, -0.15) is 0 Å². The van der Waals surface area contributed by atoms with Crippen LogP contribution in [0, 0.1) is 26.6 Å². The van der Waals surface area contributed by atoms with Gasteiger partial charge in [0.1, 0.15) is 17.1 Å². The van der Waals surface area contributed by atoms with Crippen molar-refractivity contribution in [3.63, 3.8) is 0 Å². The minimum Gasteiger partial charge on any atom is -0.324 e. The van der Waals surface area contributed by atoms with Crippen molar-refractivity contribution >= 4 is 33.1 Å². The number of carbonyl (C=O) groups excluding carboxylic acids is 1. The van der Waals surface area contributed by atoms with E-state index in [1.165, 1.54) is 34.1 Å². The number of fused-ring (bicyclic) bond motifs is 1. The summed E-state index contributed by atoms with van der Waals surface area (Å²) >= 11 is 1.19. The summed E-state index contributed by atoms with van der Waals surface area (Å²) in [4.78, 5) is 39.0. The number of thiophene rings is 1. The average Bonchev–Trinajstić information content (AvgIpc) is 3.20. The van der Waals surface area contributed by atoms with E-state index < -0.39 is 17.1 Å². The lowest BCUT2D eigenvalue weighted by Gasteiger charge is -2.14. The Balaban J connectivity index is 1.80. The molecule has 4 rings (SSSR count). The maximum absolute atomic E-state index is 13.7. The summed E-state index contributed by atoms with van der Waals surface area (Å²) in [5.74, 6) is -0.816. The molecule has 0 aliphatic carbocycles. The number of amides is 1. The minimum absolute atomic E-state index is 0.257. The standard InChI is InChI=1S/C23H20FN3O3S/c1-13-4-7-18(15(3)10-13)25-20(28)12-26-19-8-9-31-21(19)22(29)27(23(26)30)16-5-6-17(24)14(2)11-16/h4-11H,12H2,1-3H3,(H,25,28). The van der Waals surface area contributed by atoms with E-state index in [0.29, 0.717) is 21.5 Å². The number of halogens is 1. The van der Waals surface area contributed by atoms with E-state index in [9.17, 15) is 18.8 Å². The minimum atomic E-state index is -0.655. The van der Waals surface area contributed by atoms with Gasteiger partial charge in [-0.3, -0.25) is 14.2 Å². The summed E-state index contributed by atoms with van der Waals surface area (Å²) in [5.41, 5.74) is 2.46. The zero-order valence-corrected chi connectivity index (χ0v) is 18.0. The molecule has 0 fully saturated rings. The number of nitrogens with zero attached hydrogens (tertiary/aromatic N) is 2. The van der Waals surface area contributed by atoms with Crippen LogP contribution in [0.1, 0.15) is 16.7 Å². The second-order valence-corrected chi connectivity index (χ2v) is 8.36. The van der Waals surface area contributed by atoms with Crippen molar-refractivity contribution in [1.29, 1.82) is 0 Å². The Morgan fingerprint density at radius 3 is 2.52 bits per heavy atom. The quantitative estimate of drug-likeness (QED) is 0.526. The number of carbonyl (C=O) groups is 1. The van der Waals surface area contributed by atoms with Crippen molar-refractivity contribution in [2.45, 2.75) is 27.3 Å². The smallest absolute Gasteiger partial charge is 0.324 e. The molecule has 1 amide bonds. The Morgan fingerprint density at radius 1 is 1.03 bits per heavy atom. The van der Waals surface area contributed by atoms with Gasteiger partial charge in [-0.15, -0.1) is 11.3 Å². The molecule has 4 aromatic rings. The lowest BCUT2D eigenvalue weighted by Crippen LogP contribution is -2.40. The number of nitrogens with one attached hydrogen (secondary N) is 1. The van der Waals surface area contributed by atoms with Crippen LogP contribution in [0.4, 0.5) is 10.1 Å². The normalized spacial score (nSPS) is 11.1. The van der Waals surface area contributed by atoms with Crippen LogP contribution in [0.15, 0.2) is 57.4 Å². The zero-order valence-electron chi connectivity index (χ0n) is 17.2. The van der Waals surface area contributed by atoms with Gasteiger partial charge in [0.05, 0.1) is 11.2 Å². The Labute approximate surface area is 181 Å². The van der Waals surface area contributed by atoms with Crippen LogP contribution < -0.4 is 16.6 Å². The van der Waals surface area contributed by atoms with Crippen molar-refractivity contribution in [2.75, 3.05) is 5.32 Å². The molecule has 0 bridgehead atoms. The average molecular weight is 437 g/mol. The second kappa shape index (κ2) is 7.96. The molecule has 0 saturated heterocycles. The molecule has 0 aliphatic rings. The first kappa shape index (κ1) is 20.7. The number of rotatable bonds is 4. The molecule has 1 N–H and O–H groups in total. The molecule has 0 saturated carbocycles. The van der Waals surface area contributed by atoms with Crippen LogP contribution in [-0.2, 0) is 11.3 Å². The number of aromatic nitrogens is 2. The summed E-state index contributed by atoms with van der Waals surface area (Å²) < 4.78 is 16.3. The highest BCUT2D eigenvalue weighted by Gasteiger charge is 2.18. The Hall–Kier alpha value is -3.52. The molecule has 2 aromatic heterocycles. The maximum Gasteiger partial charge on any atom is 0.336 e. The SMILES string of the molecule is Cc1ccc(NC(=O)Cn2c(=O)n(-c3ccc(F)c(C)c3)c(=O)c3sccc32)c(C)c1. The topological polar surface area (TPSA) is 73.1 Å². The third-order valence-electron chi connectivity index (χ3n) is 5.11. The van der Waals surface area contributed by atoms with Crippen molar-refractivity contribution < 1.29 is 9.18 Å². The summed E-state index contributed by atoms with van der Waals surface area (Å²) in [6.07, 6.45) is 0. The Morgan fingerprint density at radius 2 is 1.81 bits per heavy atom. The van der Waals surface area contributed by atoms with Gasteiger partial charge in [0.2, 0.25) is 5.91 Å². The van der Waals surface area contributed by atoms with E-state index in [-0.39, 0.29) is 18.1 Å². The van der Waals surface area contributed by atoms with Gasteiger partial charge in [-0.1, -0.05) is 17.7 Å². The summed E-state index contributed by atoms with van der Waals surface area (Å²) in [6, 6.07) is 11.3. The van der Waals surface area contributed by atoms with Gasteiger partial charge in [-0.05, 0) is 67.6 Å². The van der Waals surface area contributed by atoms with Crippen LogP contribution >= 0.6 is 11.3 Å². The molecule has 0 spiro atoms. The summed E-state index contributed by atoms with van der Waals surface area (Å²) in [7, 11) is 0. The van der Waals surface area contributed by atoms with E-state index >= 15 is 0 Å². The number of anilines is 1. The van der Waals surface area contributed by atoms with E-state index in [0.717, 1.165) is 15.7 Å². The summed E-state index contributed by atoms with van der Waals surface area (Å²) in [5, 5.41) is 4.53. The number of hydrogen-bond acceptors (Lipinski definition) is 4. The number of benzene rings is 2. The van der Waals surface area contributed by atoms with Crippen molar-refractivity contribution in [3.05, 3.63) is 91.2 Å². The van der Waals surface area contributed by atoms with E-state index in [1.807, 2.05) is 32.0 Å². The van der Waals surface area contributed by atoms with Gasteiger partial charge in [0, 0.05) is 5.69 Å². The maximum atomic E-state index is 13.7. The fourth-order valence-corrected chi connectivity index (χ4v) is 4.35. The monoisotopic (exact) mass is 437 g/mol. The number of aryl methyl sites for hydroxylation is 3. The Bertz CT molecular complexity index is 1450. The predicted octanol–water partition coefficient (Wildman–Crippen LogP) is 3.92. The fourth-order valence-electron chi connectivity index (χ4n) is 3.52. The first-order valence-electron chi connectivity index (χ1n) is 9.63. The molecule has 2 aromatic carbocycles. The van der Waals surface area contributed by atoms with Crippen LogP contribution in [0.25, 0.3) is 15.9 Å². The van der Waals surface area contributed by atoms with E-state index in [4.69, 9.17) is 0 Å². The highest BCUT2D eigenvalue weighted by atomic mass is 32.1. The second-order valence-electron chi connectivity index (χ2n) is 7.44. The van der Waals surface area contributed by atoms with Crippen molar-refractivity contribution in [3.8, 4) is 5.69 Å². The highest BCUT2D eigenvalue weighted by Crippen LogP contribution is 2.19. The lowest BCUT2D eigenvalue weighted by molar-refractivity contribution is -0.116. The van der Waals surface area contributed by atoms with Crippen LogP contribution in [-0.4, -0.2) is 15.0 Å². The van der Waals surface area contributed by atoms with Gasteiger partial charge in [-0.25, -0.2) is 13.8 Å². The first-order valence-corrected chi connectivity index (χ1v) is 10.5. The predicted molar refractivity (Wildman–Crippen MR) is 121 cm³/mol. The van der Waals surface area contributed by atoms with Gasteiger partial charge >= 0.3 is 5.69 Å². The molecule has 0 atom stereocenters. The molecule has 158 valence electrons. The Kier molecular flexibility index (Phi) is 5.32. The molecule has 6 nitrogen and oxygen atoms in total. The molecule has 2 heterocycles. The lowest BCUT2D eigenvalue weighted by atomic mass is 10.1. The third-order valence-corrected chi connectivity index (χ3v) is 6.00. The van der Waals surface area contributed by atoms with Crippen LogP contribution in [0.5, 0.6) is 0 Å². The van der Waals surface area contributed by atoms with E-state index in [2.05, 4.69) is 5.32 Å². The largest absolute Gasteiger partial charge is 0.336 e. The molecule has 0 aliphatic heterocycles. The van der Waals surface area contributed by atoms with Crippen molar-refractivity contribution in [1.82, 2.24) is 9.13 Å². The third kappa shape index (κ3) is 3.82. The molecule has 0 radical (unpaired) electrons. The van der Waals surface area contributed by atoms with Gasteiger partial charge < -0.3 is 5.32 Å². The molecule has 0 unspecified atom stereocenters. The van der Waals surface area contributed by atoms with Gasteiger partial charge in [0.25, 0.3) is 5.56 Å². The zero-order chi connectivity index (χ0) is 22.3. The van der Waals surface area contributed by atoms with Crippen LogP contribution in [0.2, 0.25) is 0 Å². The first-order chi connectivity index (χ1) is 14.8. The van der Waals surface area contributed by atoms with Crippen molar-refractivity contribution in [2.24, 2.45) is 0 Å². The van der Waals surface area contributed by atoms with E-state index in [1.54, 1.807) is 18.4 Å². The molecule has 8 heteroatoms. The highest BCUT2D eigenvalue weighted by molar-refractivity contribution is 7.17. The molecule has 31 heavy (non-hydrogen) atoms. The molecular formula is C23H20FN3O3S. The number of hydrogen-bond donors (Lipinski definition) is 1. The fraction of sp³-hybridized carbons (Fsp3) is 0.174. The molecular weight excluding hydrogens is 417 g/mol.